The number of halogens is 2. The molecule has 1 saturated carbocycles. The van der Waals surface area contributed by atoms with E-state index in [1.807, 2.05) is 32.0 Å². The number of hydrogen-bond donors (Lipinski definition) is 1. The molecule has 3 heteroatoms. The summed E-state index contributed by atoms with van der Waals surface area (Å²) < 4.78 is 25.7. The molecule has 0 heterocycles. The molecule has 15 heavy (non-hydrogen) atoms. The monoisotopic (exact) mass is 211 g/mol. The van der Waals surface area contributed by atoms with E-state index in [0.717, 1.165) is 16.7 Å². The highest BCUT2D eigenvalue weighted by atomic mass is 19.3. The Morgan fingerprint density at radius 2 is 1.80 bits per heavy atom. The average molecular weight is 211 g/mol. The van der Waals surface area contributed by atoms with Gasteiger partial charge in [0.15, 0.2) is 0 Å². The molecule has 0 spiro atoms. The Morgan fingerprint density at radius 1 is 1.20 bits per heavy atom. The minimum absolute atomic E-state index is 0.232. The molecule has 0 aromatic heterocycles. The lowest BCUT2D eigenvalue weighted by molar-refractivity contribution is -0.125. The molecule has 1 aliphatic rings. The van der Waals surface area contributed by atoms with Crippen LogP contribution in [-0.4, -0.2) is 5.92 Å². The first kappa shape index (κ1) is 10.6. The van der Waals surface area contributed by atoms with Gasteiger partial charge in [0.25, 0.3) is 5.92 Å². The molecule has 0 radical (unpaired) electrons. The van der Waals surface area contributed by atoms with Crippen molar-refractivity contribution in [1.29, 1.82) is 0 Å². The summed E-state index contributed by atoms with van der Waals surface area (Å²) in [5.41, 5.74) is 8.10. The maximum Gasteiger partial charge on any atom is 0.252 e. The molecule has 1 aromatic carbocycles. The molecule has 0 aliphatic heterocycles. The molecule has 82 valence electrons. The number of nitrogens with two attached hydrogens (primary N) is 1. The predicted octanol–water partition coefficient (Wildman–Crippen LogP) is 2.89. The van der Waals surface area contributed by atoms with E-state index in [9.17, 15) is 8.78 Å². The second-order valence-corrected chi connectivity index (χ2v) is 4.68. The van der Waals surface area contributed by atoms with Crippen molar-refractivity contribution in [2.45, 2.75) is 38.2 Å². The van der Waals surface area contributed by atoms with Gasteiger partial charge in [-0.15, -0.1) is 0 Å². The fraction of sp³-hybridized carbons (Fsp3) is 0.500. The molecule has 0 amide bonds. The van der Waals surface area contributed by atoms with E-state index in [2.05, 4.69) is 0 Å². The Bertz CT molecular complexity index is 391. The maximum absolute atomic E-state index is 12.9. The molecule has 2 rings (SSSR count). The number of hydrogen-bond acceptors (Lipinski definition) is 1. The topological polar surface area (TPSA) is 26.0 Å². The maximum atomic E-state index is 12.9. The number of alkyl halides is 2. The fourth-order valence-electron chi connectivity index (χ4n) is 2.33. The van der Waals surface area contributed by atoms with E-state index >= 15 is 0 Å². The highest BCUT2D eigenvalue weighted by Crippen LogP contribution is 2.50. The van der Waals surface area contributed by atoms with Crippen LogP contribution in [0.3, 0.4) is 0 Å². The summed E-state index contributed by atoms with van der Waals surface area (Å²) in [5, 5.41) is 0. The third-order valence-corrected chi connectivity index (χ3v) is 3.08. The van der Waals surface area contributed by atoms with Crippen LogP contribution in [0.1, 0.15) is 29.5 Å². The highest BCUT2D eigenvalue weighted by Gasteiger charge is 2.55. The second-order valence-electron chi connectivity index (χ2n) is 4.68. The van der Waals surface area contributed by atoms with Gasteiger partial charge in [0.2, 0.25) is 0 Å². The minimum Gasteiger partial charge on any atom is -0.321 e. The molecular formula is C12H15F2N. The smallest absolute Gasteiger partial charge is 0.252 e. The van der Waals surface area contributed by atoms with Gasteiger partial charge >= 0.3 is 0 Å². The fourth-order valence-corrected chi connectivity index (χ4v) is 2.33. The normalized spacial score (nSPS) is 22.2. The molecule has 1 aromatic rings. The third kappa shape index (κ3) is 1.76. The summed E-state index contributed by atoms with van der Waals surface area (Å²) in [6, 6.07) is 5.83. The molecule has 2 N–H and O–H groups in total. The summed E-state index contributed by atoms with van der Waals surface area (Å²) in [5.74, 6) is -2.58. The van der Waals surface area contributed by atoms with Crippen molar-refractivity contribution >= 4 is 0 Å². The molecular weight excluding hydrogens is 196 g/mol. The van der Waals surface area contributed by atoms with E-state index < -0.39 is 11.5 Å². The van der Waals surface area contributed by atoms with Crippen LogP contribution >= 0.6 is 0 Å². The zero-order valence-electron chi connectivity index (χ0n) is 8.98. The van der Waals surface area contributed by atoms with Crippen LogP contribution in [0.5, 0.6) is 0 Å². The molecule has 1 aliphatic carbocycles. The van der Waals surface area contributed by atoms with Gasteiger partial charge in [0, 0.05) is 12.8 Å². The largest absolute Gasteiger partial charge is 0.321 e. The van der Waals surface area contributed by atoms with E-state index in [4.69, 9.17) is 5.73 Å². The zero-order chi connectivity index (χ0) is 11.3. The van der Waals surface area contributed by atoms with E-state index in [0.29, 0.717) is 0 Å². The van der Waals surface area contributed by atoms with E-state index in [1.54, 1.807) is 0 Å². The molecule has 0 unspecified atom stereocenters. The third-order valence-electron chi connectivity index (χ3n) is 3.08. The van der Waals surface area contributed by atoms with Crippen molar-refractivity contribution in [2.75, 3.05) is 0 Å². The first-order valence-corrected chi connectivity index (χ1v) is 5.07. The molecule has 0 atom stereocenters. The van der Waals surface area contributed by atoms with Crippen LogP contribution in [0.15, 0.2) is 18.2 Å². The Morgan fingerprint density at radius 3 is 2.33 bits per heavy atom. The standard InChI is InChI=1S/C12H15F2N/c1-8-3-4-9(2)10(5-8)11(15)6-12(13,14)7-11/h3-5H,6-7,15H2,1-2H3. The minimum atomic E-state index is -2.58. The molecule has 0 saturated heterocycles. The number of benzene rings is 1. The van der Waals surface area contributed by atoms with Crippen molar-refractivity contribution in [2.24, 2.45) is 5.73 Å². The van der Waals surface area contributed by atoms with Crippen LogP contribution in [0.25, 0.3) is 0 Å². The average Bonchev–Trinajstić information content (AvgIpc) is 2.05. The van der Waals surface area contributed by atoms with Crippen molar-refractivity contribution in [3.63, 3.8) is 0 Å². The lowest BCUT2D eigenvalue weighted by atomic mass is 9.68. The summed E-state index contributed by atoms with van der Waals surface area (Å²) in [6.45, 7) is 3.86. The van der Waals surface area contributed by atoms with Gasteiger partial charge in [-0.3, -0.25) is 0 Å². The van der Waals surface area contributed by atoms with Crippen molar-refractivity contribution in [3.05, 3.63) is 34.9 Å². The number of aryl methyl sites for hydroxylation is 2. The molecule has 1 nitrogen and oxygen atoms in total. The summed E-state index contributed by atoms with van der Waals surface area (Å²) >= 11 is 0. The van der Waals surface area contributed by atoms with Crippen LogP contribution in [0.2, 0.25) is 0 Å². The first-order valence-electron chi connectivity index (χ1n) is 5.07. The van der Waals surface area contributed by atoms with Gasteiger partial charge in [0.1, 0.15) is 0 Å². The van der Waals surface area contributed by atoms with Crippen molar-refractivity contribution in [1.82, 2.24) is 0 Å². The van der Waals surface area contributed by atoms with Crippen molar-refractivity contribution < 1.29 is 8.78 Å². The highest BCUT2D eigenvalue weighted by molar-refractivity contribution is 5.38. The van der Waals surface area contributed by atoms with Crippen LogP contribution in [0, 0.1) is 13.8 Å². The summed E-state index contributed by atoms with van der Waals surface area (Å²) in [7, 11) is 0. The summed E-state index contributed by atoms with van der Waals surface area (Å²) in [4.78, 5) is 0. The van der Waals surface area contributed by atoms with Crippen molar-refractivity contribution in [3.8, 4) is 0 Å². The lowest BCUT2D eigenvalue weighted by Gasteiger charge is -2.45. The van der Waals surface area contributed by atoms with Gasteiger partial charge in [-0.05, 0) is 25.0 Å². The quantitative estimate of drug-likeness (QED) is 0.759. The van der Waals surface area contributed by atoms with Crippen LogP contribution in [-0.2, 0) is 5.54 Å². The van der Waals surface area contributed by atoms with Crippen LogP contribution in [0.4, 0.5) is 8.78 Å². The van der Waals surface area contributed by atoms with Gasteiger partial charge in [-0.1, -0.05) is 23.8 Å². The van der Waals surface area contributed by atoms with E-state index in [-0.39, 0.29) is 12.8 Å². The van der Waals surface area contributed by atoms with Gasteiger partial charge in [0.05, 0.1) is 5.54 Å². The SMILES string of the molecule is Cc1ccc(C)c(C2(N)CC(F)(F)C2)c1. The lowest BCUT2D eigenvalue weighted by Crippen LogP contribution is -2.55. The Labute approximate surface area is 88.3 Å². The zero-order valence-corrected chi connectivity index (χ0v) is 8.98. The Hall–Kier alpha value is -0.960. The second kappa shape index (κ2) is 3.01. The predicted molar refractivity (Wildman–Crippen MR) is 56.0 cm³/mol. The van der Waals surface area contributed by atoms with Gasteiger partial charge in [-0.25, -0.2) is 8.78 Å². The van der Waals surface area contributed by atoms with Gasteiger partial charge < -0.3 is 5.73 Å². The molecule has 0 bridgehead atoms. The Balaban J connectivity index is 2.35. The Kier molecular flexibility index (Phi) is 2.12. The molecule has 1 fully saturated rings. The van der Waals surface area contributed by atoms with Gasteiger partial charge in [-0.2, -0.15) is 0 Å². The number of rotatable bonds is 1. The van der Waals surface area contributed by atoms with Crippen LogP contribution < -0.4 is 5.73 Å². The first-order chi connectivity index (χ1) is 6.82. The van der Waals surface area contributed by atoms with E-state index in [1.165, 1.54) is 0 Å². The summed E-state index contributed by atoms with van der Waals surface area (Å²) in [6.07, 6.45) is -0.464.